The Labute approximate surface area is 243 Å². The van der Waals surface area contributed by atoms with Crippen LogP contribution in [-0.2, 0) is 20.8 Å². The molecule has 1 aliphatic rings. The fraction of sp³-hybridized carbons (Fsp3) is 0.448. The molecule has 0 saturated carbocycles. The fourth-order valence-electron chi connectivity index (χ4n) is 5.10. The number of fused-ring (bicyclic) bond motifs is 1. The third kappa shape index (κ3) is 9.04. The first-order valence-corrected chi connectivity index (χ1v) is 13.5. The molecule has 1 aliphatic heterocycles. The van der Waals surface area contributed by atoms with E-state index in [1.807, 2.05) is 19.9 Å². The van der Waals surface area contributed by atoms with Gasteiger partial charge in [-0.2, -0.15) is 26.3 Å². The number of aryl methyl sites for hydroxylation is 2. The van der Waals surface area contributed by atoms with Crippen molar-refractivity contribution >= 4 is 34.9 Å². The fourth-order valence-corrected chi connectivity index (χ4v) is 5.34. The van der Waals surface area contributed by atoms with Gasteiger partial charge in [-0.15, -0.1) is 0 Å². The second-order valence-corrected chi connectivity index (χ2v) is 10.9. The highest BCUT2D eigenvalue weighted by Gasteiger charge is 2.39. The first-order chi connectivity index (χ1) is 19.4. The number of Topliss-reactive ketones (excluding diaryl/α,β-unsaturated/α-hetero) is 1. The van der Waals surface area contributed by atoms with Crippen LogP contribution in [0, 0.1) is 25.7 Å². The zero-order valence-electron chi connectivity index (χ0n) is 22.8. The van der Waals surface area contributed by atoms with Gasteiger partial charge in [0.15, 0.2) is 11.9 Å². The molecule has 0 bridgehead atoms. The minimum atomic E-state index is -4.72. The standard InChI is InChI=1S/C29H30ClF6N3O3/c1-15-11-16(2)13-17(12-15)24-18-5-3-7-22(30)21(18)14-23(40)26(38-24)39-27(42)20(8-10-29(34,35)36)19(25(37)41)6-4-9-28(31,32)33/h3,5,7,11-13,19-20,26H,4,6,8-10,14H2,1-2H3,(H2,37,41)(H,39,42)/t19-,20+,26+/m0/s1. The van der Waals surface area contributed by atoms with Gasteiger partial charge in [0.1, 0.15) is 0 Å². The minimum Gasteiger partial charge on any atom is -0.369 e. The Hall–Kier alpha value is -3.41. The lowest BCUT2D eigenvalue weighted by atomic mass is 9.83. The molecular weight excluding hydrogens is 588 g/mol. The lowest BCUT2D eigenvalue weighted by Gasteiger charge is -2.26. The average molecular weight is 618 g/mol. The summed E-state index contributed by atoms with van der Waals surface area (Å²) in [6.07, 6.45) is -16.1. The van der Waals surface area contributed by atoms with Crippen LogP contribution in [0.1, 0.15) is 59.9 Å². The summed E-state index contributed by atoms with van der Waals surface area (Å²) in [6.45, 7) is 3.70. The van der Waals surface area contributed by atoms with Crippen molar-refractivity contribution in [2.75, 3.05) is 0 Å². The van der Waals surface area contributed by atoms with Crippen molar-refractivity contribution in [3.63, 3.8) is 0 Å². The number of ketones is 1. The van der Waals surface area contributed by atoms with Gasteiger partial charge < -0.3 is 11.1 Å². The summed E-state index contributed by atoms with van der Waals surface area (Å²) in [4.78, 5) is 43.5. The number of nitrogens with zero attached hydrogens (tertiary/aromatic N) is 1. The maximum Gasteiger partial charge on any atom is 0.389 e. The number of aliphatic imine (C=N–C) groups is 1. The predicted octanol–water partition coefficient (Wildman–Crippen LogP) is 6.15. The van der Waals surface area contributed by atoms with E-state index in [2.05, 4.69) is 10.3 Å². The maximum atomic E-state index is 13.4. The number of hydrogen-bond acceptors (Lipinski definition) is 4. The summed E-state index contributed by atoms with van der Waals surface area (Å²) in [7, 11) is 0. The maximum absolute atomic E-state index is 13.4. The van der Waals surface area contributed by atoms with Crippen LogP contribution < -0.4 is 11.1 Å². The van der Waals surface area contributed by atoms with Gasteiger partial charge in [0.05, 0.1) is 5.71 Å². The summed E-state index contributed by atoms with van der Waals surface area (Å²) in [5.41, 5.74) is 8.98. The van der Waals surface area contributed by atoms with Crippen LogP contribution in [0.4, 0.5) is 26.3 Å². The second-order valence-electron chi connectivity index (χ2n) is 10.5. The number of benzene rings is 2. The highest BCUT2D eigenvalue weighted by molar-refractivity contribution is 6.32. The van der Waals surface area contributed by atoms with Gasteiger partial charge in [0, 0.05) is 47.2 Å². The molecule has 2 aromatic rings. The Morgan fingerprint density at radius 2 is 1.62 bits per heavy atom. The summed E-state index contributed by atoms with van der Waals surface area (Å²) in [5.74, 6) is -6.37. The SMILES string of the molecule is Cc1cc(C)cc(C2=N[C@H](NC(=O)[C@H](CCC(F)(F)F)[C@H](CCCC(F)(F)F)C(N)=O)C(=O)Cc3c(Cl)cccc32)c1. The number of alkyl halides is 6. The van der Waals surface area contributed by atoms with Gasteiger partial charge in [0.25, 0.3) is 0 Å². The second kappa shape index (κ2) is 13.3. The zero-order valence-corrected chi connectivity index (χ0v) is 23.6. The molecule has 3 rings (SSSR count). The Kier molecular flexibility index (Phi) is 10.5. The van der Waals surface area contributed by atoms with Crippen LogP contribution in [0.3, 0.4) is 0 Å². The van der Waals surface area contributed by atoms with Gasteiger partial charge in [-0.3, -0.25) is 19.4 Å². The van der Waals surface area contributed by atoms with Crippen molar-refractivity contribution in [2.24, 2.45) is 22.6 Å². The van der Waals surface area contributed by atoms with Gasteiger partial charge in [-0.25, -0.2) is 0 Å². The summed E-state index contributed by atoms with van der Waals surface area (Å²) in [5, 5.41) is 2.62. The molecule has 0 aromatic heterocycles. The molecule has 0 spiro atoms. The molecule has 3 N–H and O–H groups in total. The molecule has 2 amide bonds. The van der Waals surface area contributed by atoms with Crippen molar-refractivity contribution in [1.29, 1.82) is 0 Å². The number of carbonyl (C=O) groups excluding carboxylic acids is 3. The Bertz CT molecular complexity index is 1350. The molecule has 3 atom stereocenters. The van der Waals surface area contributed by atoms with E-state index in [4.69, 9.17) is 17.3 Å². The smallest absolute Gasteiger partial charge is 0.369 e. The first-order valence-electron chi connectivity index (χ1n) is 13.2. The molecular formula is C29H30ClF6N3O3. The number of primary amides is 1. The number of carbonyl (C=O) groups is 3. The summed E-state index contributed by atoms with van der Waals surface area (Å²) >= 11 is 6.41. The third-order valence-corrected chi connectivity index (χ3v) is 7.32. The largest absolute Gasteiger partial charge is 0.389 e. The molecule has 2 aromatic carbocycles. The molecule has 13 heteroatoms. The highest BCUT2D eigenvalue weighted by Crippen LogP contribution is 2.33. The predicted molar refractivity (Wildman–Crippen MR) is 145 cm³/mol. The first kappa shape index (κ1) is 33.1. The van der Waals surface area contributed by atoms with Crippen molar-refractivity contribution in [3.8, 4) is 0 Å². The van der Waals surface area contributed by atoms with Gasteiger partial charge >= 0.3 is 12.4 Å². The number of nitrogens with two attached hydrogens (primary N) is 1. The number of nitrogens with one attached hydrogen (secondary N) is 1. The van der Waals surface area contributed by atoms with Crippen LogP contribution >= 0.6 is 11.6 Å². The lowest BCUT2D eigenvalue weighted by Crippen LogP contribution is -2.47. The van der Waals surface area contributed by atoms with Crippen LogP contribution in [0.5, 0.6) is 0 Å². The highest BCUT2D eigenvalue weighted by atomic mass is 35.5. The molecule has 1 heterocycles. The van der Waals surface area contributed by atoms with Crippen LogP contribution in [0.15, 0.2) is 41.4 Å². The number of hydrogen-bond donors (Lipinski definition) is 2. The summed E-state index contributed by atoms with van der Waals surface area (Å²) < 4.78 is 77.6. The van der Waals surface area contributed by atoms with E-state index >= 15 is 0 Å². The quantitative estimate of drug-likeness (QED) is 0.313. The monoisotopic (exact) mass is 617 g/mol. The molecule has 6 nitrogen and oxygen atoms in total. The number of rotatable bonds is 10. The molecule has 228 valence electrons. The zero-order chi connectivity index (χ0) is 31.4. The van der Waals surface area contributed by atoms with E-state index in [-0.39, 0.29) is 11.4 Å². The Morgan fingerprint density at radius 3 is 2.19 bits per heavy atom. The third-order valence-electron chi connectivity index (χ3n) is 6.96. The van der Waals surface area contributed by atoms with Crippen LogP contribution in [0.25, 0.3) is 0 Å². The van der Waals surface area contributed by atoms with Gasteiger partial charge in [-0.05, 0) is 56.9 Å². The van der Waals surface area contributed by atoms with E-state index in [1.54, 1.807) is 30.3 Å². The lowest BCUT2D eigenvalue weighted by molar-refractivity contribution is -0.147. The number of halogens is 7. The molecule has 0 aliphatic carbocycles. The van der Waals surface area contributed by atoms with E-state index in [1.165, 1.54) is 0 Å². The van der Waals surface area contributed by atoms with Crippen molar-refractivity contribution in [3.05, 3.63) is 69.2 Å². The molecule has 0 saturated heterocycles. The Balaban J connectivity index is 2.02. The molecule has 0 unspecified atom stereocenters. The molecule has 42 heavy (non-hydrogen) atoms. The molecule has 0 radical (unpaired) electrons. The van der Waals surface area contributed by atoms with E-state index in [0.717, 1.165) is 11.1 Å². The number of amides is 2. The minimum absolute atomic E-state index is 0.268. The summed E-state index contributed by atoms with van der Waals surface area (Å²) in [6, 6.07) is 10.5. The van der Waals surface area contributed by atoms with E-state index in [9.17, 15) is 40.7 Å². The van der Waals surface area contributed by atoms with Gasteiger partial charge in [0.2, 0.25) is 11.8 Å². The van der Waals surface area contributed by atoms with E-state index in [0.29, 0.717) is 22.4 Å². The van der Waals surface area contributed by atoms with Crippen molar-refractivity contribution < 1.29 is 40.7 Å². The van der Waals surface area contributed by atoms with Crippen LogP contribution in [-0.4, -0.2) is 41.8 Å². The topological polar surface area (TPSA) is 102 Å². The van der Waals surface area contributed by atoms with E-state index < -0.39 is 80.1 Å². The van der Waals surface area contributed by atoms with Crippen molar-refractivity contribution in [1.82, 2.24) is 5.32 Å². The normalized spacial score (nSPS) is 17.1. The van der Waals surface area contributed by atoms with Gasteiger partial charge in [-0.1, -0.05) is 40.9 Å². The Morgan fingerprint density at radius 1 is 1.00 bits per heavy atom. The average Bonchev–Trinajstić information content (AvgIpc) is 2.98. The van der Waals surface area contributed by atoms with Crippen LogP contribution in [0.2, 0.25) is 5.02 Å². The molecule has 0 fully saturated rings. The van der Waals surface area contributed by atoms with Crippen molar-refractivity contribution in [2.45, 2.75) is 70.9 Å².